The van der Waals surface area contributed by atoms with Crippen molar-refractivity contribution < 1.29 is 4.79 Å². The molecule has 1 saturated heterocycles. The predicted molar refractivity (Wildman–Crippen MR) is 81.6 cm³/mol. The summed E-state index contributed by atoms with van der Waals surface area (Å²) in [5, 5.41) is 0. The smallest absolute Gasteiger partial charge is 0.267 e. The summed E-state index contributed by atoms with van der Waals surface area (Å²) >= 11 is 0. The van der Waals surface area contributed by atoms with E-state index in [1.54, 1.807) is 12.1 Å². The number of carbonyl (C=O) groups excluding carboxylic acids is 1. The van der Waals surface area contributed by atoms with Crippen molar-refractivity contribution in [2.24, 2.45) is 11.7 Å². The van der Waals surface area contributed by atoms with Crippen molar-refractivity contribution in [1.82, 2.24) is 4.98 Å². The summed E-state index contributed by atoms with van der Waals surface area (Å²) in [6, 6.07) is 3.30. The van der Waals surface area contributed by atoms with Crippen LogP contribution in [0.4, 0.5) is 11.5 Å². The first-order valence-electron chi connectivity index (χ1n) is 7.43. The van der Waals surface area contributed by atoms with E-state index in [-0.39, 0.29) is 5.69 Å². The molecule has 20 heavy (non-hydrogen) atoms. The second kappa shape index (κ2) is 6.59. The molecule has 1 fully saturated rings. The molecule has 2 heterocycles. The van der Waals surface area contributed by atoms with Gasteiger partial charge in [-0.2, -0.15) is 0 Å². The number of pyridine rings is 1. The Morgan fingerprint density at radius 3 is 2.90 bits per heavy atom. The molecule has 2 rings (SSSR count). The minimum Gasteiger partial charge on any atom is -0.396 e. The molecule has 0 saturated carbocycles. The molecular weight excluding hydrogens is 252 g/mol. The van der Waals surface area contributed by atoms with Gasteiger partial charge in [0.15, 0.2) is 5.82 Å². The van der Waals surface area contributed by atoms with E-state index in [0.29, 0.717) is 11.5 Å². The highest BCUT2D eigenvalue weighted by Crippen LogP contribution is 2.27. The fraction of sp³-hybridized carbons (Fsp3) is 0.600. The van der Waals surface area contributed by atoms with Crippen LogP contribution >= 0.6 is 0 Å². The number of amides is 1. The topological polar surface area (TPSA) is 85.2 Å². The third-order valence-corrected chi connectivity index (χ3v) is 4.00. The zero-order chi connectivity index (χ0) is 14.5. The Labute approximate surface area is 120 Å². The lowest BCUT2D eigenvalue weighted by atomic mass is 9.96. The number of hydrogen-bond donors (Lipinski definition) is 2. The van der Waals surface area contributed by atoms with Crippen LogP contribution in [0, 0.1) is 5.92 Å². The van der Waals surface area contributed by atoms with Crippen LogP contribution in [0.3, 0.4) is 0 Å². The highest BCUT2D eigenvalue weighted by Gasteiger charge is 2.19. The van der Waals surface area contributed by atoms with Crippen molar-refractivity contribution in [3.05, 3.63) is 17.8 Å². The summed E-state index contributed by atoms with van der Waals surface area (Å²) in [7, 11) is 0. The predicted octanol–water partition coefficient (Wildman–Crippen LogP) is 2.17. The van der Waals surface area contributed by atoms with E-state index in [1.165, 1.54) is 19.3 Å². The van der Waals surface area contributed by atoms with Crippen molar-refractivity contribution in [1.29, 1.82) is 0 Å². The van der Waals surface area contributed by atoms with Gasteiger partial charge in [-0.3, -0.25) is 4.79 Å². The molecule has 0 aliphatic carbocycles. The van der Waals surface area contributed by atoms with Crippen LogP contribution in [0.5, 0.6) is 0 Å². The number of aromatic nitrogens is 1. The molecule has 110 valence electrons. The number of rotatable bonds is 4. The van der Waals surface area contributed by atoms with Gasteiger partial charge in [-0.25, -0.2) is 4.98 Å². The molecule has 1 aromatic rings. The number of hydrogen-bond acceptors (Lipinski definition) is 4. The molecule has 1 aliphatic rings. The number of nitrogen functional groups attached to an aromatic ring is 1. The van der Waals surface area contributed by atoms with Gasteiger partial charge in [0.25, 0.3) is 5.91 Å². The highest BCUT2D eigenvalue weighted by molar-refractivity contribution is 5.91. The zero-order valence-electron chi connectivity index (χ0n) is 12.1. The van der Waals surface area contributed by atoms with Crippen LogP contribution in [-0.4, -0.2) is 24.0 Å². The molecule has 1 amide bonds. The van der Waals surface area contributed by atoms with E-state index in [2.05, 4.69) is 16.8 Å². The van der Waals surface area contributed by atoms with Crippen molar-refractivity contribution in [3.8, 4) is 0 Å². The maximum Gasteiger partial charge on any atom is 0.267 e. The zero-order valence-corrected chi connectivity index (χ0v) is 12.1. The van der Waals surface area contributed by atoms with Gasteiger partial charge in [0.1, 0.15) is 5.69 Å². The summed E-state index contributed by atoms with van der Waals surface area (Å²) < 4.78 is 0. The van der Waals surface area contributed by atoms with E-state index in [9.17, 15) is 4.79 Å². The summed E-state index contributed by atoms with van der Waals surface area (Å²) in [5.41, 5.74) is 12.2. The standard InChI is InChI=1S/C15H24N4O/c1-2-4-11-5-3-9-19(10-8-11)15-12(16)6-7-13(18-15)14(17)20/h6-7,11H,2-5,8-10,16H2,1H3,(H2,17,20). The molecule has 4 N–H and O–H groups in total. The molecule has 1 atom stereocenters. The summed E-state index contributed by atoms with van der Waals surface area (Å²) in [4.78, 5) is 17.8. The largest absolute Gasteiger partial charge is 0.396 e. The Kier molecular flexibility index (Phi) is 4.82. The molecule has 0 spiro atoms. The first kappa shape index (κ1) is 14.6. The minimum absolute atomic E-state index is 0.281. The normalized spacial score (nSPS) is 19.6. The third-order valence-electron chi connectivity index (χ3n) is 4.00. The maximum absolute atomic E-state index is 11.3. The average Bonchev–Trinajstić information content (AvgIpc) is 2.65. The SMILES string of the molecule is CCCC1CCCN(c2nc(C(N)=O)ccc2N)CC1. The van der Waals surface area contributed by atoms with Crippen LogP contribution in [0.25, 0.3) is 0 Å². The number of carbonyl (C=O) groups is 1. The molecule has 5 heteroatoms. The van der Waals surface area contributed by atoms with Gasteiger partial charge in [0.2, 0.25) is 0 Å². The monoisotopic (exact) mass is 276 g/mol. The summed E-state index contributed by atoms with van der Waals surface area (Å²) in [6.45, 7) is 4.13. The van der Waals surface area contributed by atoms with Gasteiger partial charge in [-0.1, -0.05) is 19.8 Å². The van der Waals surface area contributed by atoms with E-state index < -0.39 is 5.91 Å². The molecule has 0 aromatic carbocycles. The van der Waals surface area contributed by atoms with Crippen LogP contribution in [0.15, 0.2) is 12.1 Å². The molecule has 0 bridgehead atoms. The van der Waals surface area contributed by atoms with Crippen LogP contribution < -0.4 is 16.4 Å². The Morgan fingerprint density at radius 2 is 2.20 bits per heavy atom. The molecule has 0 radical (unpaired) electrons. The second-order valence-corrected chi connectivity index (χ2v) is 5.55. The Morgan fingerprint density at radius 1 is 1.40 bits per heavy atom. The van der Waals surface area contributed by atoms with Crippen molar-refractivity contribution in [2.75, 3.05) is 23.7 Å². The van der Waals surface area contributed by atoms with Crippen molar-refractivity contribution in [2.45, 2.75) is 39.0 Å². The van der Waals surface area contributed by atoms with Gasteiger partial charge >= 0.3 is 0 Å². The second-order valence-electron chi connectivity index (χ2n) is 5.55. The quantitative estimate of drug-likeness (QED) is 0.882. The lowest BCUT2D eigenvalue weighted by Crippen LogP contribution is -2.27. The minimum atomic E-state index is -0.509. The molecule has 5 nitrogen and oxygen atoms in total. The number of primary amides is 1. The van der Waals surface area contributed by atoms with E-state index >= 15 is 0 Å². The lowest BCUT2D eigenvalue weighted by Gasteiger charge is -2.23. The van der Waals surface area contributed by atoms with Gasteiger partial charge in [0, 0.05) is 13.1 Å². The van der Waals surface area contributed by atoms with Gasteiger partial charge in [0.05, 0.1) is 5.69 Å². The Hall–Kier alpha value is -1.78. The number of nitrogens with two attached hydrogens (primary N) is 2. The maximum atomic E-state index is 11.3. The Balaban J connectivity index is 2.14. The van der Waals surface area contributed by atoms with Crippen LogP contribution in [-0.2, 0) is 0 Å². The van der Waals surface area contributed by atoms with E-state index in [1.807, 2.05) is 0 Å². The third kappa shape index (κ3) is 3.40. The number of nitrogens with zero attached hydrogens (tertiary/aromatic N) is 2. The van der Waals surface area contributed by atoms with E-state index in [0.717, 1.165) is 31.8 Å². The first-order chi connectivity index (χ1) is 9.61. The molecule has 1 aromatic heterocycles. The van der Waals surface area contributed by atoms with Gasteiger partial charge in [-0.05, 0) is 37.3 Å². The fourth-order valence-corrected chi connectivity index (χ4v) is 2.92. The van der Waals surface area contributed by atoms with Crippen LogP contribution in [0.2, 0.25) is 0 Å². The molecule has 1 unspecified atom stereocenters. The van der Waals surface area contributed by atoms with Crippen molar-refractivity contribution >= 4 is 17.4 Å². The average molecular weight is 276 g/mol. The lowest BCUT2D eigenvalue weighted by molar-refractivity contribution is 0.0995. The summed E-state index contributed by atoms with van der Waals surface area (Å²) in [5.74, 6) is 0.994. The fourth-order valence-electron chi connectivity index (χ4n) is 2.92. The molecule has 1 aliphatic heterocycles. The summed E-state index contributed by atoms with van der Waals surface area (Å²) in [6.07, 6.45) is 6.10. The first-order valence-corrected chi connectivity index (χ1v) is 7.43. The molecular formula is C15H24N4O. The van der Waals surface area contributed by atoms with Gasteiger partial charge < -0.3 is 16.4 Å². The highest BCUT2D eigenvalue weighted by atomic mass is 16.1. The van der Waals surface area contributed by atoms with Crippen LogP contribution in [0.1, 0.15) is 49.5 Å². The van der Waals surface area contributed by atoms with E-state index in [4.69, 9.17) is 11.5 Å². The Bertz CT molecular complexity index is 475. The number of anilines is 2. The van der Waals surface area contributed by atoms with Gasteiger partial charge in [-0.15, -0.1) is 0 Å². The van der Waals surface area contributed by atoms with Crippen molar-refractivity contribution in [3.63, 3.8) is 0 Å².